The maximum atomic E-state index is 12.3. The van der Waals surface area contributed by atoms with Gasteiger partial charge in [-0.1, -0.05) is 94.6 Å². The maximum Gasteiger partial charge on any atom is 0.366 e. The Morgan fingerprint density at radius 1 is 0.943 bits per heavy atom. The SMILES string of the molecule is CCCCCCCCC1OC1CCCCCCCC(=O)OC(=O)c1cn2c(n1)sc1ccccc12. The molecular formula is C28H38N2O4S. The van der Waals surface area contributed by atoms with Crippen LogP contribution in [0.1, 0.15) is 107 Å². The number of unbranched alkanes of at least 4 members (excludes halogenated alkanes) is 9. The fourth-order valence-corrected chi connectivity index (χ4v) is 5.72. The lowest BCUT2D eigenvalue weighted by Gasteiger charge is -2.02. The molecule has 2 unspecified atom stereocenters. The highest BCUT2D eigenvalue weighted by Crippen LogP contribution is 2.32. The van der Waals surface area contributed by atoms with Gasteiger partial charge in [-0.25, -0.2) is 9.78 Å². The quantitative estimate of drug-likeness (QED) is 0.0885. The van der Waals surface area contributed by atoms with Crippen LogP contribution >= 0.6 is 11.3 Å². The van der Waals surface area contributed by atoms with Crippen LogP contribution in [0.2, 0.25) is 0 Å². The molecule has 3 aromatic rings. The van der Waals surface area contributed by atoms with Crippen LogP contribution in [0, 0.1) is 0 Å². The van der Waals surface area contributed by atoms with Crippen LogP contribution in [0.3, 0.4) is 0 Å². The summed E-state index contributed by atoms with van der Waals surface area (Å²) in [5, 5.41) is 0. The first-order valence-corrected chi connectivity index (χ1v) is 14.2. The second-order valence-electron chi connectivity index (χ2n) is 9.69. The second kappa shape index (κ2) is 13.2. The number of imidazole rings is 1. The van der Waals surface area contributed by atoms with E-state index >= 15 is 0 Å². The molecule has 0 N–H and O–H groups in total. The van der Waals surface area contributed by atoms with E-state index in [9.17, 15) is 9.59 Å². The Hall–Kier alpha value is -2.25. The maximum absolute atomic E-state index is 12.3. The number of rotatable bonds is 16. The summed E-state index contributed by atoms with van der Waals surface area (Å²) in [5.74, 6) is -1.14. The number of para-hydroxylation sites is 1. The Morgan fingerprint density at radius 2 is 1.60 bits per heavy atom. The van der Waals surface area contributed by atoms with Gasteiger partial charge in [-0.2, -0.15) is 0 Å². The van der Waals surface area contributed by atoms with Crippen molar-refractivity contribution >= 4 is 38.5 Å². The molecule has 0 amide bonds. The number of fused-ring (bicyclic) bond motifs is 3. The van der Waals surface area contributed by atoms with Gasteiger partial charge in [-0.3, -0.25) is 9.20 Å². The number of carbonyl (C=O) groups excluding carboxylic acids is 2. The highest BCUT2D eigenvalue weighted by atomic mass is 32.1. The molecule has 1 fully saturated rings. The molecule has 1 saturated heterocycles. The summed E-state index contributed by atoms with van der Waals surface area (Å²) in [6.45, 7) is 2.26. The van der Waals surface area contributed by atoms with Crippen LogP contribution in [-0.2, 0) is 14.3 Å². The van der Waals surface area contributed by atoms with Gasteiger partial charge in [-0.15, -0.1) is 0 Å². The lowest BCUT2D eigenvalue weighted by molar-refractivity contribution is -0.138. The molecule has 0 aliphatic carbocycles. The van der Waals surface area contributed by atoms with Crippen LogP contribution in [0.15, 0.2) is 30.5 Å². The number of hydrogen-bond acceptors (Lipinski definition) is 6. The zero-order chi connectivity index (χ0) is 24.5. The molecule has 4 rings (SSSR count). The summed E-state index contributed by atoms with van der Waals surface area (Å²) >= 11 is 1.51. The van der Waals surface area contributed by atoms with Crippen molar-refractivity contribution in [2.75, 3.05) is 0 Å². The monoisotopic (exact) mass is 498 g/mol. The van der Waals surface area contributed by atoms with E-state index in [1.54, 1.807) is 6.20 Å². The smallest absolute Gasteiger partial charge is 0.366 e. The zero-order valence-corrected chi connectivity index (χ0v) is 21.7. The molecule has 0 radical (unpaired) electrons. The van der Waals surface area contributed by atoms with Gasteiger partial charge in [0.05, 0.1) is 22.4 Å². The fraction of sp³-hybridized carbons (Fsp3) is 0.607. The van der Waals surface area contributed by atoms with Crippen molar-refractivity contribution < 1.29 is 19.1 Å². The van der Waals surface area contributed by atoms with Crippen LogP contribution in [0.25, 0.3) is 15.2 Å². The van der Waals surface area contributed by atoms with Gasteiger partial charge in [0.15, 0.2) is 10.7 Å². The number of esters is 2. The first-order chi connectivity index (χ1) is 17.2. The van der Waals surface area contributed by atoms with Crippen molar-refractivity contribution in [2.45, 2.75) is 109 Å². The number of nitrogens with zero attached hydrogens (tertiary/aromatic N) is 2. The molecule has 1 aliphatic rings. The standard InChI is InChI=1S/C28H38N2O4S/c1-2-3-4-5-7-10-16-23-24(33-23)17-11-8-6-9-12-19-26(31)34-27(32)21-20-30-22-15-13-14-18-25(22)35-28(30)29-21/h13-15,18,20,23-24H,2-12,16-17,19H2,1H3. The molecule has 3 heterocycles. The second-order valence-corrected chi connectivity index (χ2v) is 10.7. The molecule has 2 aromatic heterocycles. The molecule has 0 spiro atoms. The highest BCUT2D eigenvalue weighted by Gasteiger charge is 2.36. The normalized spacial score (nSPS) is 17.3. The van der Waals surface area contributed by atoms with Gasteiger partial charge < -0.3 is 9.47 Å². The summed E-state index contributed by atoms with van der Waals surface area (Å²) in [6.07, 6.45) is 18.5. The van der Waals surface area contributed by atoms with Crippen molar-refractivity contribution in [3.8, 4) is 0 Å². The van der Waals surface area contributed by atoms with E-state index < -0.39 is 11.9 Å². The summed E-state index contributed by atoms with van der Waals surface area (Å²) in [6, 6.07) is 7.92. The minimum absolute atomic E-state index is 0.174. The topological polar surface area (TPSA) is 73.2 Å². The van der Waals surface area contributed by atoms with E-state index in [-0.39, 0.29) is 12.1 Å². The van der Waals surface area contributed by atoms with Gasteiger partial charge in [0.1, 0.15) is 0 Å². The van der Waals surface area contributed by atoms with E-state index in [1.807, 2.05) is 28.7 Å². The van der Waals surface area contributed by atoms with Gasteiger partial charge >= 0.3 is 11.9 Å². The summed E-state index contributed by atoms with van der Waals surface area (Å²) < 4.78 is 13.8. The minimum Gasteiger partial charge on any atom is -0.388 e. The van der Waals surface area contributed by atoms with E-state index in [0.717, 1.165) is 47.3 Å². The first-order valence-electron chi connectivity index (χ1n) is 13.4. The number of hydrogen-bond donors (Lipinski definition) is 0. The third-order valence-electron chi connectivity index (χ3n) is 6.81. The molecule has 2 atom stereocenters. The van der Waals surface area contributed by atoms with Gasteiger partial charge in [0.25, 0.3) is 0 Å². The Balaban J connectivity index is 1.02. The molecule has 190 valence electrons. The van der Waals surface area contributed by atoms with Crippen molar-refractivity contribution in [1.29, 1.82) is 0 Å². The zero-order valence-electron chi connectivity index (χ0n) is 20.9. The first kappa shape index (κ1) is 25.8. The van der Waals surface area contributed by atoms with Crippen molar-refractivity contribution in [1.82, 2.24) is 9.38 Å². The Labute approximate surface area is 212 Å². The molecule has 0 bridgehead atoms. The predicted octanol–water partition coefficient (Wildman–Crippen LogP) is 7.48. The Kier molecular flexibility index (Phi) is 9.72. The highest BCUT2D eigenvalue weighted by molar-refractivity contribution is 7.23. The van der Waals surface area contributed by atoms with Crippen LogP contribution < -0.4 is 0 Å². The molecule has 1 aromatic carbocycles. The molecule has 1 aliphatic heterocycles. The van der Waals surface area contributed by atoms with E-state index in [0.29, 0.717) is 12.2 Å². The van der Waals surface area contributed by atoms with Crippen LogP contribution in [-0.4, -0.2) is 33.5 Å². The fourth-order valence-electron chi connectivity index (χ4n) is 4.71. The van der Waals surface area contributed by atoms with E-state index in [4.69, 9.17) is 9.47 Å². The number of aromatic nitrogens is 2. The average Bonchev–Trinajstić information content (AvgIpc) is 3.30. The number of epoxide rings is 1. The number of ether oxygens (including phenoxy) is 2. The lowest BCUT2D eigenvalue weighted by Crippen LogP contribution is -2.12. The Bertz CT molecular complexity index is 1100. The Morgan fingerprint density at radius 3 is 2.34 bits per heavy atom. The van der Waals surface area contributed by atoms with E-state index in [2.05, 4.69) is 11.9 Å². The third kappa shape index (κ3) is 7.61. The molecule has 6 nitrogen and oxygen atoms in total. The van der Waals surface area contributed by atoms with Crippen LogP contribution in [0.5, 0.6) is 0 Å². The summed E-state index contributed by atoms with van der Waals surface area (Å²) in [7, 11) is 0. The molecule has 7 heteroatoms. The minimum atomic E-state index is -0.671. The van der Waals surface area contributed by atoms with Crippen molar-refractivity contribution in [3.63, 3.8) is 0 Å². The molecular weight excluding hydrogens is 460 g/mol. The number of carbonyl (C=O) groups is 2. The van der Waals surface area contributed by atoms with E-state index in [1.165, 1.54) is 62.7 Å². The number of thiazole rings is 1. The summed E-state index contributed by atoms with van der Waals surface area (Å²) in [5.41, 5.74) is 1.17. The summed E-state index contributed by atoms with van der Waals surface area (Å²) in [4.78, 5) is 29.5. The average molecular weight is 499 g/mol. The van der Waals surface area contributed by atoms with Crippen LogP contribution in [0.4, 0.5) is 0 Å². The molecule has 35 heavy (non-hydrogen) atoms. The predicted molar refractivity (Wildman–Crippen MR) is 140 cm³/mol. The van der Waals surface area contributed by atoms with Gasteiger partial charge in [0.2, 0.25) is 0 Å². The van der Waals surface area contributed by atoms with Crippen molar-refractivity contribution in [2.24, 2.45) is 0 Å². The van der Waals surface area contributed by atoms with Gasteiger partial charge in [0, 0.05) is 12.6 Å². The van der Waals surface area contributed by atoms with Crippen molar-refractivity contribution in [3.05, 3.63) is 36.2 Å². The van der Waals surface area contributed by atoms with Gasteiger partial charge in [-0.05, 0) is 31.4 Å². The number of benzene rings is 1. The molecule has 0 saturated carbocycles. The largest absolute Gasteiger partial charge is 0.388 e. The lowest BCUT2D eigenvalue weighted by atomic mass is 10.0. The third-order valence-corrected chi connectivity index (χ3v) is 7.85.